The maximum atomic E-state index is 11.8. The highest BCUT2D eigenvalue weighted by Gasteiger charge is 2.13. The monoisotopic (exact) mass is 266 g/mol. The van der Waals surface area contributed by atoms with E-state index in [1.165, 1.54) is 6.92 Å². The normalized spacial score (nSPS) is 10.3. The molecule has 0 radical (unpaired) electrons. The summed E-state index contributed by atoms with van der Waals surface area (Å²) < 4.78 is 1.90. The number of nitrogens with one attached hydrogen (secondary N) is 2. The van der Waals surface area contributed by atoms with Crippen molar-refractivity contribution in [2.24, 2.45) is 0 Å². The number of rotatable bonds is 6. The topological polar surface area (TPSA) is 76.0 Å². The van der Waals surface area contributed by atoms with E-state index in [1.807, 2.05) is 18.5 Å². The maximum absolute atomic E-state index is 11.8. The molecule has 6 nitrogen and oxygen atoms in total. The molecular formula is C13H22N4O2. The molecule has 0 atom stereocenters. The van der Waals surface area contributed by atoms with E-state index >= 15 is 0 Å². The van der Waals surface area contributed by atoms with Crippen molar-refractivity contribution in [2.75, 3.05) is 11.9 Å². The van der Waals surface area contributed by atoms with E-state index in [2.05, 4.69) is 22.7 Å². The second-order valence-electron chi connectivity index (χ2n) is 4.55. The van der Waals surface area contributed by atoms with Gasteiger partial charge in [-0.1, -0.05) is 6.92 Å². The van der Waals surface area contributed by atoms with Crippen LogP contribution in [0.4, 0.5) is 5.69 Å². The summed E-state index contributed by atoms with van der Waals surface area (Å²) in [7, 11) is 0. The lowest BCUT2D eigenvalue weighted by atomic mass is 10.3. The second kappa shape index (κ2) is 6.92. The summed E-state index contributed by atoms with van der Waals surface area (Å²) in [6, 6.07) is 0. The summed E-state index contributed by atoms with van der Waals surface area (Å²) in [6.45, 7) is 8.53. The maximum Gasteiger partial charge on any atom is 0.226 e. The molecule has 0 spiro atoms. The summed E-state index contributed by atoms with van der Waals surface area (Å²) in [5.74, 6) is -0.244. The van der Waals surface area contributed by atoms with Crippen molar-refractivity contribution in [1.82, 2.24) is 15.1 Å². The number of aryl methyl sites for hydroxylation is 2. The quantitative estimate of drug-likeness (QED) is 0.816. The summed E-state index contributed by atoms with van der Waals surface area (Å²) in [4.78, 5) is 22.5. The van der Waals surface area contributed by atoms with Gasteiger partial charge in [0, 0.05) is 26.4 Å². The van der Waals surface area contributed by atoms with Crippen LogP contribution in [0, 0.1) is 13.8 Å². The van der Waals surface area contributed by atoms with Gasteiger partial charge in [0.15, 0.2) is 0 Å². The van der Waals surface area contributed by atoms with Crippen LogP contribution in [-0.4, -0.2) is 28.1 Å². The van der Waals surface area contributed by atoms with Gasteiger partial charge in [0.05, 0.1) is 17.1 Å². The minimum atomic E-state index is -0.129. The molecule has 19 heavy (non-hydrogen) atoms. The fraction of sp³-hybridized carbons (Fsp3) is 0.615. The van der Waals surface area contributed by atoms with Gasteiger partial charge in [-0.05, 0) is 20.3 Å². The SMILES string of the molecule is CCCn1nc(C)c(NC(=O)CCNC(C)=O)c1C. The van der Waals surface area contributed by atoms with Gasteiger partial charge in [-0.3, -0.25) is 14.3 Å². The van der Waals surface area contributed by atoms with Crippen molar-refractivity contribution < 1.29 is 9.59 Å². The number of nitrogens with zero attached hydrogens (tertiary/aromatic N) is 2. The van der Waals surface area contributed by atoms with Crippen LogP contribution in [0.2, 0.25) is 0 Å². The molecule has 0 saturated carbocycles. The molecule has 0 fully saturated rings. The first-order valence-electron chi connectivity index (χ1n) is 6.54. The predicted octanol–water partition coefficient (Wildman–Crippen LogP) is 1.37. The molecule has 0 aliphatic carbocycles. The largest absolute Gasteiger partial charge is 0.356 e. The van der Waals surface area contributed by atoms with Crippen LogP contribution >= 0.6 is 0 Å². The molecule has 0 aliphatic rings. The van der Waals surface area contributed by atoms with Crippen molar-refractivity contribution in [3.63, 3.8) is 0 Å². The van der Waals surface area contributed by atoms with Crippen molar-refractivity contribution in [3.05, 3.63) is 11.4 Å². The van der Waals surface area contributed by atoms with Crippen LogP contribution < -0.4 is 10.6 Å². The van der Waals surface area contributed by atoms with Gasteiger partial charge >= 0.3 is 0 Å². The third kappa shape index (κ3) is 4.39. The van der Waals surface area contributed by atoms with Gasteiger partial charge in [0.2, 0.25) is 11.8 Å². The highest BCUT2D eigenvalue weighted by Crippen LogP contribution is 2.19. The Kier molecular flexibility index (Phi) is 5.54. The second-order valence-corrected chi connectivity index (χ2v) is 4.55. The smallest absolute Gasteiger partial charge is 0.226 e. The van der Waals surface area contributed by atoms with Crippen molar-refractivity contribution in [3.8, 4) is 0 Å². The average Bonchev–Trinajstić information content (AvgIpc) is 2.57. The van der Waals surface area contributed by atoms with E-state index < -0.39 is 0 Å². The van der Waals surface area contributed by atoms with Gasteiger partial charge < -0.3 is 10.6 Å². The molecule has 1 rings (SSSR count). The van der Waals surface area contributed by atoms with Gasteiger partial charge in [-0.15, -0.1) is 0 Å². The summed E-state index contributed by atoms with van der Waals surface area (Å²) in [5.41, 5.74) is 2.56. The molecule has 106 valence electrons. The van der Waals surface area contributed by atoms with Crippen LogP contribution in [0.1, 0.15) is 38.1 Å². The van der Waals surface area contributed by atoms with Crippen LogP contribution in [0.25, 0.3) is 0 Å². The molecule has 2 N–H and O–H groups in total. The highest BCUT2D eigenvalue weighted by atomic mass is 16.2. The first-order chi connectivity index (χ1) is 8.95. The van der Waals surface area contributed by atoms with E-state index in [-0.39, 0.29) is 18.2 Å². The first-order valence-corrected chi connectivity index (χ1v) is 6.54. The summed E-state index contributed by atoms with van der Waals surface area (Å²) in [5, 5.41) is 9.85. The minimum absolute atomic E-state index is 0.115. The van der Waals surface area contributed by atoms with E-state index in [0.717, 1.165) is 30.0 Å². The Balaban J connectivity index is 2.61. The Morgan fingerprint density at radius 2 is 2.00 bits per heavy atom. The van der Waals surface area contributed by atoms with Crippen LogP contribution in [0.15, 0.2) is 0 Å². The van der Waals surface area contributed by atoms with Gasteiger partial charge in [0.1, 0.15) is 0 Å². The van der Waals surface area contributed by atoms with Gasteiger partial charge in [-0.25, -0.2) is 0 Å². The molecule has 0 aliphatic heterocycles. The fourth-order valence-corrected chi connectivity index (χ4v) is 1.86. The highest BCUT2D eigenvalue weighted by molar-refractivity contribution is 5.92. The van der Waals surface area contributed by atoms with Crippen LogP contribution in [-0.2, 0) is 16.1 Å². The molecular weight excluding hydrogens is 244 g/mol. The number of aromatic nitrogens is 2. The first kappa shape index (κ1) is 15.2. The number of carbonyl (C=O) groups is 2. The third-order valence-electron chi connectivity index (χ3n) is 2.81. The third-order valence-corrected chi connectivity index (χ3v) is 2.81. The zero-order chi connectivity index (χ0) is 14.4. The lowest BCUT2D eigenvalue weighted by Crippen LogP contribution is -2.25. The average molecular weight is 266 g/mol. The molecule has 2 amide bonds. The van der Waals surface area contributed by atoms with Crippen molar-refractivity contribution in [2.45, 2.75) is 47.1 Å². The Bertz CT molecular complexity index is 465. The number of hydrogen-bond acceptors (Lipinski definition) is 3. The predicted molar refractivity (Wildman–Crippen MR) is 73.9 cm³/mol. The Morgan fingerprint density at radius 1 is 1.32 bits per heavy atom. The van der Waals surface area contributed by atoms with Gasteiger partial charge in [0.25, 0.3) is 0 Å². The van der Waals surface area contributed by atoms with E-state index in [1.54, 1.807) is 0 Å². The number of carbonyl (C=O) groups excluding carboxylic acids is 2. The minimum Gasteiger partial charge on any atom is -0.356 e. The summed E-state index contributed by atoms with van der Waals surface area (Å²) >= 11 is 0. The lowest BCUT2D eigenvalue weighted by Gasteiger charge is -2.06. The molecule has 1 aromatic heterocycles. The molecule has 0 aromatic carbocycles. The number of anilines is 1. The Morgan fingerprint density at radius 3 is 2.58 bits per heavy atom. The van der Waals surface area contributed by atoms with E-state index in [0.29, 0.717) is 6.54 Å². The fourth-order valence-electron chi connectivity index (χ4n) is 1.86. The standard InChI is InChI=1S/C13H22N4O2/c1-5-8-17-10(3)13(9(2)16-17)15-12(19)6-7-14-11(4)18/h5-8H2,1-4H3,(H,14,18)(H,15,19). The molecule has 6 heteroatoms. The zero-order valence-electron chi connectivity index (χ0n) is 12.0. The number of amides is 2. The van der Waals surface area contributed by atoms with Crippen molar-refractivity contribution >= 4 is 17.5 Å². The zero-order valence-corrected chi connectivity index (χ0v) is 12.0. The molecule has 1 heterocycles. The molecule has 0 bridgehead atoms. The van der Waals surface area contributed by atoms with E-state index in [9.17, 15) is 9.59 Å². The Labute approximate surface area is 113 Å². The Hall–Kier alpha value is -1.85. The molecule has 0 saturated heterocycles. The molecule has 0 unspecified atom stereocenters. The molecule has 1 aromatic rings. The lowest BCUT2D eigenvalue weighted by molar-refractivity contribution is -0.119. The van der Waals surface area contributed by atoms with Gasteiger partial charge in [-0.2, -0.15) is 5.10 Å². The van der Waals surface area contributed by atoms with Crippen LogP contribution in [0.3, 0.4) is 0 Å². The van der Waals surface area contributed by atoms with Crippen molar-refractivity contribution in [1.29, 1.82) is 0 Å². The van der Waals surface area contributed by atoms with Crippen LogP contribution in [0.5, 0.6) is 0 Å². The van der Waals surface area contributed by atoms with E-state index in [4.69, 9.17) is 0 Å². The number of hydrogen-bond donors (Lipinski definition) is 2. The summed E-state index contributed by atoms with van der Waals surface area (Å²) in [6.07, 6.45) is 1.26.